The van der Waals surface area contributed by atoms with E-state index in [0.717, 1.165) is 36.8 Å². The van der Waals surface area contributed by atoms with Gasteiger partial charge in [-0.25, -0.2) is 9.59 Å². The molecular weight excluding hydrogens is 741 g/mol. The average molecular weight is 795 g/mol. The molecule has 8 nitrogen and oxygen atoms in total. The van der Waals surface area contributed by atoms with Crippen LogP contribution < -0.4 is 10.4 Å². The lowest BCUT2D eigenvalue weighted by Gasteiger charge is -2.43. The zero-order valence-corrected chi connectivity index (χ0v) is 34.8. The van der Waals surface area contributed by atoms with E-state index in [2.05, 4.69) is 72.8 Å². The smallest absolute Gasteiger partial charge is 0.339 e. The van der Waals surface area contributed by atoms with Gasteiger partial charge in [0.1, 0.15) is 16.9 Å². The average Bonchev–Trinajstić information content (AvgIpc) is 3.21. The van der Waals surface area contributed by atoms with Gasteiger partial charge in [0.05, 0.1) is 12.2 Å². The Bertz CT molecular complexity index is 2420. The molecule has 59 heavy (non-hydrogen) atoms. The van der Waals surface area contributed by atoms with Crippen molar-refractivity contribution in [1.82, 2.24) is 0 Å². The quantitative estimate of drug-likeness (QED) is 0.0952. The Morgan fingerprint density at radius 1 is 0.814 bits per heavy atom. The lowest BCUT2D eigenvalue weighted by molar-refractivity contribution is -0.188. The molecule has 0 radical (unpaired) electrons. The van der Waals surface area contributed by atoms with Crippen molar-refractivity contribution in [2.24, 2.45) is 5.92 Å². The van der Waals surface area contributed by atoms with Crippen molar-refractivity contribution in [2.75, 3.05) is 13.7 Å². The summed E-state index contributed by atoms with van der Waals surface area (Å²) in [5, 5.41) is 0.642. The van der Waals surface area contributed by atoms with Gasteiger partial charge >= 0.3 is 17.6 Å². The summed E-state index contributed by atoms with van der Waals surface area (Å²) in [5.74, 6) is -0.0874. The van der Waals surface area contributed by atoms with Gasteiger partial charge in [-0.2, -0.15) is 0 Å². The van der Waals surface area contributed by atoms with Crippen LogP contribution in [0.4, 0.5) is 0 Å². The van der Waals surface area contributed by atoms with E-state index >= 15 is 0 Å². The van der Waals surface area contributed by atoms with Gasteiger partial charge in [0.2, 0.25) is 0 Å². The minimum Gasteiger partial charge on any atom is -0.483 e. The molecule has 306 valence electrons. The molecule has 4 heterocycles. The number of esters is 2. The number of fused-ring (bicyclic) bond motifs is 11. The number of methoxy groups -OCH3 is 1. The number of allylic oxidation sites excluding steroid dienone is 1. The van der Waals surface area contributed by atoms with Crippen LogP contribution >= 0.6 is 0 Å². The second-order valence-electron chi connectivity index (χ2n) is 17.3. The van der Waals surface area contributed by atoms with Crippen LogP contribution in [0.2, 0.25) is 0 Å². The number of ether oxygens (including phenoxy) is 4. The van der Waals surface area contributed by atoms with Crippen molar-refractivity contribution in [3.05, 3.63) is 158 Å². The molecule has 1 aromatic heterocycles. The SMILES string of the molecule is COCCc1cc2ccc3c(c2oc1=O)[C@H]1OC(=O)C[C@@H]2C[C@H](c4cccc(Cc5ccccc5)c4)CC[C@H]2c2ccc(cc2)CCC(=C(C)C)C(=O)O[C@@H]1C(C)(C)O3. The summed E-state index contributed by atoms with van der Waals surface area (Å²) in [6.45, 7) is 7.84. The lowest BCUT2D eigenvalue weighted by atomic mass is 9.68. The second-order valence-corrected chi connectivity index (χ2v) is 17.3. The van der Waals surface area contributed by atoms with Crippen LogP contribution in [0.1, 0.15) is 117 Å². The monoisotopic (exact) mass is 794 g/mol. The van der Waals surface area contributed by atoms with Gasteiger partial charge in [-0.3, -0.25) is 4.79 Å². The van der Waals surface area contributed by atoms with Crippen molar-refractivity contribution in [2.45, 2.75) is 109 Å². The van der Waals surface area contributed by atoms with Gasteiger partial charge < -0.3 is 23.4 Å². The minimum atomic E-state index is -1.11. The van der Waals surface area contributed by atoms with Crippen LogP contribution in [0.15, 0.2) is 117 Å². The summed E-state index contributed by atoms with van der Waals surface area (Å²) in [7, 11) is 1.58. The van der Waals surface area contributed by atoms with E-state index in [9.17, 15) is 14.4 Å². The second kappa shape index (κ2) is 17.0. The molecule has 8 heteroatoms. The number of rotatable bonds is 6. The van der Waals surface area contributed by atoms with Gasteiger partial charge in [-0.15, -0.1) is 0 Å². The Hall–Kier alpha value is -5.47. The number of hydrogen-bond donors (Lipinski definition) is 0. The van der Waals surface area contributed by atoms with E-state index in [0.29, 0.717) is 53.7 Å². The summed E-state index contributed by atoms with van der Waals surface area (Å²) in [6.07, 6.45) is 3.13. The van der Waals surface area contributed by atoms with Crippen LogP contribution in [0.25, 0.3) is 11.0 Å². The molecule has 4 aromatic carbocycles. The summed E-state index contributed by atoms with van der Waals surface area (Å²) >= 11 is 0. The molecule has 0 amide bonds. The highest BCUT2D eigenvalue weighted by Crippen LogP contribution is 2.49. The van der Waals surface area contributed by atoms with Gasteiger partial charge in [0.15, 0.2) is 12.2 Å². The lowest BCUT2D eigenvalue weighted by Crippen LogP contribution is -2.52. The first kappa shape index (κ1) is 40.3. The Morgan fingerprint density at radius 2 is 1.59 bits per heavy atom. The van der Waals surface area contributed by atoms with E-state index in [-0.39, 0.29) is 29.8 Å². The number of carbonyl (C=O) groups excluding carboxylic acids is 2. The number of benzene rings is 4. The first-order valence-electron chi connectivity index (χ1n) is 21.0. The summed E-state index contributed by atoms with van der Waals surface area (Å²) < 4.78 is 30.9. The van der Waals surface area contributed by atoms with Crippen molar-refractivity contribution < 1.29 is 33.0 Å². The van der Waals surface area contributed by atoms with Crippen LogP contribution in [0.5, 0.6) is 5.75 Å². The molecule has 1 fully saturated rings. The maximum absolute atomic E-state index is 14.7. The van der Waals surface area contributed by atoms with Gasteiger partial charge in [-0.1, -0.05) is 84.4 Å². The van der Waals surface area contributed by atoms with Crippen LogP contribution in [0.3, 0.4) is 0 Å². The molecule has 1 saturated carbocycles. The Labute approximate surface area is 346 Å². The van der Waals surface area contributed by atoms with Gasteiger partial charge in [0.25, 0.3) is 0 Å². The number of aryl methyl sites for hydroxylation is 1. The normalized spacial score (nSPS) is 23.0. The number of carbonyl (C=O) groups is 2. The predicted molar refractivity (Wildman–Crippen MR) is 228 cm³/mol. The zero-order chi connectivity index (χ0) is 41.3. The van der Waals surface area contributed by atoms with Crippen molar-refractivity contribution in [1.29, 1.82) is 0 Å². The highest BCUT2D eigenvalue weighted by atomic mass is 16.6. The van der Waals surface area contributed by atoms with E-state index in [1.807, 2.05) is 45.9 Å². The molecule has 2 bridgehead atoms. The largest absolute Gasteiger partial charge is 0.483 e. The summed E-state index contributed by atoms with van der Waals surface area (Å²) in [6, 6.07) is 33.6. The maximum Gasteiger partial charge on any atom is 0.339 e. The minimum absolute atomic E-state index is 0.0165. The molecule has 5 aromatic rings. The highest BCUT2D eigenvalue weighted by Gasteiger charge is 2.51. The fraction of sp³-hybridized carbons (Fsp3) is 0.392. The molecule has 4 aliphatic rings. The zero-order valence-electron chi connectivity index (χ0n) is 34.8. The van der Waals surface area contributed by atoms with Crippen molar-refractivity contribution >= 4 is 22.9 Å². The summed E-state index contributed by atoms with van der Waals surface area (Å²) in [5.41, 5.74) is 7.06. The van der Waals surface area contributed by atoms with E-state index in [1.165, 1.54) is 22.3 Å². The Balaban J connectivity index is 1.18. The standard InChI is InChI=1S/C51H54O8/c1-31(2)41-21-16-32-14-17-35(18-15-32)42-22-19-37(36-13-9-12-34(27-36)26-33-10-7-6-8-11-33)28-40(42)30-44(52)56-47-45-43(59-51(3,4)48(47)58-50(41)54)23-20-38-29-39(24-25-55-5)49(53)57-46(38)45/h6-15,17-18,20,23,27,29,37,40,42,47-48H,16,19,21-22,24-26,28,30H2,1-5H3/t37-,40+,42+,47-,48+/m1/s1. The highest BCUT2D eigenvalue weighted by molar-refractivity contribution is 5.90. The Morgan fingerprint density at radius 3 is 2.36 bits per heavy atom. The van der Waals surface area contributed by atoms with E-state index in [4.69, 9.17) is 23.4 Å². The fourth-order valence-electron chi connectivity index (χ4n) is 9.52. The number of hydrogen-bond acceptors (Lipinski definition) is 8. The van der Waals surface area contributed by atoms with Crippen molar-refractivity contribution in [3.63, 3.8) is 0 Å². The van der Waals surface area contributed by atoms with Crippen molar-refractivity contribution in [3.8, 4) is 5.75 Å². The molecule has 9 rings (SSSR count). The third kappa shape index (κ3) is 8.65. The first-order valence-corrected chi connectivity index (χ1v) is 21.0. The van der Waals surface area contributed by atoms with Gasteiger partial charge in [-0.05, 0) is 130 Å². The molecule has 0 N–H and O–H groups in total. The molecule has 0 unspecified atom stereocenters. The van der Waals surface area contributed by atoms with E-state index in [1.54, 1.807) is 13.2 Å². The van der Waals surface area contributed by atoms with Crippen LogP contribution in [0, 0.1) is 5.92 Å². The first-order chi connectivity index (χ1) is 28.5. The molecule has 1 aliphatic carbocycles. The molecule has 5 atom stereocenters. The van der Waals surface area contributed by atoms with Crippen LogP contribution in [-0.4, -0.2) is 37.4 Å². The molecule has 0 saturated heterocycles. The van der Waals surface area contributed by atoms with E-state index < -0.39 is 35.4 Å². The Kier molecular flexibility index (Phi) is 11.6. The molecule has 3 aliphatic heterocycles. The topological polar surface area (TPSA) is 101 Å². The molecule has 0 spiro atoms. The molecular formula is C51H54O8. The maximum atomic E-state index is 14.7. The third-order valence-corrected chi connectivity index (χ3v) is 12.7. The third-order valence-electron chi connectivity index (χ3n) is 12.7. The predicted octanol–water partition coefficient (Wildman–Crippen LogP) is 10.3. The fourth-order valence-corrected chi connectivity index (χ4v) is 9.52. The van der Waals surface area contributed by atoms with Gasteiger partial charge in [0, 0.05) is 36.5 Å². The van der Waals surface area contributed by atoms with Crippen LogP contribution in [-0.2, 0) is 43.1 Å². The summed E-state index contributed by atoms with van der Waals surface area (Å²) in [4.78, 5) is 42.3.